The Kier molecular flexibility index (Phi) is 5.33. The molecule has 1 amide bonds. The molecule has 3 N–H and O–H groups in total. The van der Waals surface area contributed by atoms with Gasteiger partial charge in [0, 0.05) is 7.11 Å². The van der Waals surface area contributed by atoms with E-state index in [0.717, 1.165) is 0 Å². The van der Waals surface area contributed by atoms with Crippen molar-refractivity contribution in [3.63, 3.8) is 0 Å². The Hall–Kier alpha value is -1.18. The third kappa shape index (κ3) is 3.95. The SMILES string of the molecule is COCC(Oc1ccc(F)c(Br)c1)C(=O)NN. The van der Waals surface area contributed by atoms with Crippen LogP contribution in [-0.2, 0) is 9.53 Å². The lowest BCUT2D eigenvalue weighted by atomic mass is 10.3. The second-order valence-corrected chi connectivity index (χ2v) is 4.00. The summed E-state index contributed by atoms with van der Waals surface area (Å²) in [5, 5.41) is 0. The molecule has 1 aromatic carbocycles. The van der Waals surface area contributed by atoms with Gasteiger partial charge in [-0.05, 0) is 34.1 Å². The molecule has 1 aromatic rings. The monoisotopic (exact) mass is 306 g/mol. The summed E-state index contributed by atoms with van der Waals surface area (Å²) in [7, 11) is 1.43. The van der Waals surface area contributed by atoms with Gasteiger partial charge in [0.05, 0.1) is 11.1 Å². The number of benzene rings is 1. The number of rotatable bonds is 5. The van der Waals surface area contributed by atoms with Crippen LogP contribution in [0.25, 0.3) is 0 Å². The van der Waals surface area contributed by atoms with Gasteiger partial charge < -0.3 is 9.47 Å². The zero-order chi connectivity index (χ0) is 12.8. The van der Waals surface area contributed by atoms with E-state index in [4.69, 9.17) is 15.3 Å². The van der Waals surface area contributed by atoms with Crippen LogP contribution in [0, 0.1) is 5.82 Å². The van der Waals surface area contributed by atoms with E-state index in [1.54, 1.807) is 0 Å². The second kappa shape index (κ2) is 6.53. The van der Waals surface area contributed by atoms with Crippen molar-refractivity contribution in [2.75, 3.05) is 13.7 Å². The minimum absolute atomic E-state index is 0.0397. The van der Waals surface area contributed by atoms with Gasteiger partial charge in [0.15, 0.2) is 0 Å². The number of hydrazine groups is 1. The zero-order valence-electron chi connectivity index (χ0n) is 9.07. The Morgan fingerprint density at radius 2 is 2.35 bits per heavy atom. The summed E-state index contributed by atoms with van der Waals surface area (Å²) < 4.78 is 23.4. The van der Waals surface area contributed by atoms with Crippen LogP contribution in [0.15, 0.2) is 22.7 Å². The normalized spacial score (nSPS) is 12.0. The van der Waals surface area contributed by atoms with Gasteiger partial charge in [-0.2, -0.15) is 0 Å². The summed E-state index contributed by atoms with van der Waals surface area (Å²) in [6.07, 6.45) is -0.887. The largest absolute Gasteiger partial charge is 0.478 e. The number of amides is 1. The molecule has 0 aliphatic heterocycles. The highest BCUT2D eigenvalue weighted by atomic mass is 79.9. The molecule has 0 heterocycles. The smallest absolute Gasteiger partial charge is 0.277 e. The molecule has 0 aromatic heterocycles. The molecule has 0 bridgehead atoms. The van der Waals surface area contributed by atoms with E-state index in [1.165, 1.54) is 25.3 Å². The molecule has 1 unspecified atom stereocenters. The van der Waals surface area contributed by atoms with Crippen molar-refractivity contribution < 1.29 is 18.7 Å². The third-order valence-electron chi connectivity index (χ3n) is 1.92. The van der Waals surface area contributed by atoms with Crippen molar-refractivity contribution in [2.45, 2.75) is 6.10 Å². The zero-order valence-corrected chi connectivity index (χ0v) is 10.7. The first-order valence-electron chi connectivity index (χ1n) is 4.69. The Balaban J connectivity index is 2.78. The first-order chi connectivity index (χ1) is 8.08. The number of nitrogens with two attached hydrogens (primary N) is 1. The number of carbonyl (C=O) groups excluding carboxylic acids is 1. The lowest BCUT2D eigenvalue weighted by Crippen LogP contribution is -2.44. The predicted molar refractivity (Wildman–Crippen MR) is 62.7 cm³/mol. The van der Waals surface area contributed by atoms with Crippen LogP contribution in [0.4, 0.5) is 4.39 Å². The number of halogens is 2. The van der Waals surface area contributed by atoms with Crippen LogP contribution in [-0.4, -0.2) is 25.7 Å². The van der Waals surface area contributed by atoms with Crippen LogP contribution in [0.5, 0.6) is 5.75 Å². The topological polar surface area (TPSA) is 73.6 Å². The van der Waals surface area contributed by atoms with Crippen molar-refractivity contribution >= 4 is 21.8 Å². The predicted octanol–water partition coefficient (Wildman–Crippen LogP) is 0.972. The minimum atomic E-state index is -0.887. The van der Waals surface area contributed by atoms with Crippen LogP contribution in [0.3, 0.4) is 0 Å². The van der Waals surface area contributed by atoms with Crippen molar-refractivity contribution in [1.29, 1.82) is 0 Å². The Bertz CT molecular complexity index is 403. The molecule has 94 valence electrons. The Morgan fingerprint density at radius 3 is 2.88 bits per heavy atom. The van der Waals surface area contributed by atoms with Gasteiger partial charge in [-0.25, -0.2) is 10.2 Å². The highest BCUT2D eigenvalue weighted by molar-refractivity contribution is 9.10. The number of methoxy groups -OCH3 is 1. The lowest BCUT2D eigenvalue weighted by Gasteiger charge is -2.16. The Morgan fingerprint density at radius 1 is 1.65 bits per heavy atom. The van der Waals surface area contributed by atoms with E-state index in [-0.39, 0.29) is 11.1 Å². The van der Waals surface area contributed by atoms with Crippen LogP contribution < -0.4 is 16.0 Å². The van der Waals surface area contributed by atoms with E-state index in [0.29, 0.717) is 5.75 Å². The maximum atomic E-state index is 13.0. The standard InChI is InChI=1S/C10H12BrFN2O3/c1-16-5-9(10(15)14-13)17-6-2-3-8(12)7(11)4-6/h2-4,9H,5,13H2,1H3,(H,14,15). The summed E-state index contributed by atoms with van der Waals surface area (Å²) in [4.78, 5) is 11.3. The van der Waals surface area contributed by atoms with E-state index < -0.39 is 17.8 Å². The van der Waals surface area contributed by atoms with Gasteiger partial charge in [-0.3, -0.25) is 10.2 Å². The van der Waals surface area contributed by atoms with E-state index in [1.807, 2.05) is 5.43 Å². The first-order valence-corrected chi connectivity index (χ1v) is 5.49. The average molecular weight is 307 g/mol. The molecule has 0 saturated heterocycles. The number of ether oxygens (including phenoxy) is 2. The van der Waals surface area contributed by atoms with Gasteiger partial charge in [-0.1, -0.05) is 0 Å². The van der Waals surface area contributed by atoms with Crippen LogP contribution in [0.2, 0.25) is 0 Å². The van der Waals surface area contributed by atoms with Gasteiger partial charge in [0.1, 0.15) is 11.6 Å². The molecule has 17 heavy (non-hydrogen) atoms. The van der Waals surface area contributed by atoms with Crippen LogP contribution in [0.1, 0.15) is 0 Å². The van der Waals surface area contributed by atoms with E-state index in [2.05, 4.69) is 15.9 Å². The van der Waals surface area contributed by atoms with Gasteiger partial charge >= 0.3 is 0 Å². The molecular formula is C10H12BrFN2O3. The number of carbonyl (C=O) groups is 1. The molecule has 0 spiro atoms. The third-order valence-corrected chi connectivity index (χ3v) is 2.53. The molecule has 5 nitrogen and oxygen atoms in total. The molecule has 0 saturated carbocycles. The number of hydrogen-bond donors (Lipinski definition) is 2. The molecule has 7 heteroatoms. The lowest BCUT2D eigenvalue weighted by molar-refractivity contribution is -0.130. The van der Waals surface area contributed by atoms with Crippen molar-refractivity contribution in [3.8, 4) is 5.75 Å². The fraction of sp³-hybridized carbons (Fsp3) is 0.300. The maximum absolute atomic E-state index is 13.0. The highest BCUT2D eigenvalue weighted by Gasteiger charge is 2.19. The number of nitrogens with one attached hydrogen (secondary N) is 1. The van der Waals surface area contributed by atoms with Crippen molar-refractivity contribution in [3.05, 3.63) is 28.5 Å². The fourth-order valence-corrected chi connectivity index (χ4v) is 1.48. The highest BCUT2D eigenvalue weighted by Crippen LogP contribution is 2.22. The molecule has 0 radical (unpaired) electrons. The van der Waals surface area contributed by atoms with Crippen LogP contribution >= 0.6 is 15.9 Å². The number of hydrogen-bond acceptors (Lipinski definition) is 4. The van der Waals surface area contributed by atoms with Crippen molar-refractivity contribution in [1.82, 2.24) is 5.43 Å². The molecule has 1 atom stereocenters. The molecule has 1 rings (SSSR count). The maximum Gasteiger partial charge on any atom is 0.277 e. The quantitative estimate of drug-likeness (QED) is 0.483. The minimum Gasteiger partial charge on any atom is -0.478 e. The fourth-order valence-electron chi connectivity index (χ4n) is 1.12. The van der Waals surface area contributed by atoms with E-state index >= 15 is 0 Å². The van der Waals surface area contributed by atoms with Gasteiger partial charge in [0.25, 0.3) is 5.91 Å². The first kappa shape index (κ1) is 13.9. The molecule has 0 aliphatic carbocycles. The van der Waals surface area contributed by atoms with Gasteiger partial charge in [-0.15, -0.1) is 0 Å². The summed E-state index contributed by atoms with van der Waals surface area (Å²) in [6, 6.07) is 4.05. The second-order valence-electron chi connectivity index (χ2n) is 3.15. The summed E-state index contributed by atoms with van der Waals surface area (Å²) in [5.74, 6) is 4.41. The summed E-state index contributed by atoms with van der Waals surface area (Å²) in [6.45, 7) is 0.0397. The molecule has 0 fully saturated rings. The summed E-state index contributed by atoms with van der Waals surface area (Å²) in [5.41, 5.74) is 1.97. The van der Waals surface area contributed by atoms with Crippen molar-refractivity contribution in [2.24, 2.45) is 5.84 Å². The van der Waals surface area contributed by atoms with Gasteiger partial charge in [0.2, 0.25) is 6.10 Å². The average Bonchev–Trinajstić information content (AvgIpc) is 2.32. The molecular weight excluding hydrogens is 295 g/mol. The van der Waals surface area contributed by atoms with E-state index in [9.17, 15) is 9.18 Å². The summed E-state index contributed by atoms with van der Waals surface area (Å²) >= 11 is 3.02. The molecule has 0 aliphatic rings. The Labute approximate surface area is 106 Å².